The molecule has 0 fully saturated rings. The predicted octanol–water partition coefficient (Wildman–Crippen LogP) is 3.81. The summed E-state index contributed by atoms with van der Waals surface area (Å²) in [6, 6.07) is 9.47. The van der Waals surface area contributed by atoms with Crippen molar-refractivity contribution in [1.82, 2.24) is 4.72 Å². The summed E-state index contributed by atoms with van der Waals surface area (Å²) in [6.45, 7) is 6.67. The first kappa shape index (κ1) is 14.0. The Bertz CT molecular complexity index is 362. The number of ketones is 1. The number of unbranched alkanes of at least 4 members (excludes halogenated alkanes) is 1. The fourth-order valence-corrected chi connectivity index (χ4v) is 1.92. The summed E-state index contributed by atoms with van der Waals surface area (Å²) in [4.78, 5) is 12.8. The molecule has 1 aromatic rings. The van der Waals surface area contributed by atoms with Crippen molar-refractivity contribution in [2.75, 3.05) is 6.54 Å². The highest BCUT2D eigenvalue weighted by molar-refractivity contribution is 8.01. The molecule has 0 aliphatic rings. The molecular formula is C14H19NOS. The molecule has 0 atom stereocenters. The number of Topliss-reactive ketones (excluding diaryl/α,β-unsaturated/α-hetero) is 1. The first-order valence-electron chi connectivity index (χ1n) is 5.83. The highest BCUT2D eigenvalue weighted by Gasteiger charge is 2.03. The Kier molecular flexibility index (Phi) is 6.67. The Morgan fingerprint density at radius 1 is 1.29 bits per heavy atom. The predicted molar refractivity (Wildman–Crippen MR) is 75.0 cm³/mol. The van der Waals surface area contributed by atoms with Crippen LogP contribution in [-0.2, 0) is 0 Å². The van der Waals surface area contributed by atoms with E-state index in [0.717, 1.165) is 29.9 Å². The summed E-state index contributed by atoms with van der Waals surface area (Å²) in [5, 5.41) is 0. The molecule has 0 saturated heterocycles. The van der Waals surface area contributed by atoms with Gasteiger partial charge in [0.25, 0.3) is 0 Å². The van der Waals surface area contributed by atoms with Gasteiger partial charge in [-0.05, 0) is 24.7 Å². The molecule has 0 spiro atoms. The van der Waals surface area contributed by atoms with Crippen LogP contribution in [0.4, 0.5) is 0 Å². The number of carbonyl (C=O) groups excluding carboxylic acids is 1. The summed E-state index contributed by atoms with van der Waals surface area (Å²) < 4.78 is 3.20. The van der Waals surface area contributed by atoms with Gasteiger partial charge in [0.2, 0.25) is 0 Å². The van der Waals surface area contributed by atoms with Gasteiger partial charge in [-0.15, -0.1) is 0 Å². The maximum Gasteiger partial charge on any atom is 0.162 e. The van der Waals surface area contributed by atoms with E-state index in [1.54, 1.807) is 11.9 Å². The van der Waals surface area contributed by atoms with Crippen molar-refractivity contribution in [3.05, 3.63) is 47.4 Å². The standard InChI is InChI=1S/C14H19NOS/c1-12(2)17-15-11-7-6-10-14(16)13-8-4-3-5-9-13/h3-5,8-9,15H,1,6-7,10-11H2,2H3. The van der Waals surface area contributed by atoms with E-state index in [4.69, 9.17) is 0 Å². The van der Waals surface area contributed by atoms with Crippen LogP contribution in [0.3, 0.4) is 0 Å². The van der Waals surface area contributed by atoms with E-state index in [2.05, 4.69) is 11.3 Å². The van der Waals surface area contributed by atoms with Gasteiger partial charge in [-0.2, -0.15) is 0 Å². The largest absolute Gasteiger partial charge is 0.294 e. The summed E-state index contributed by atoms with van der Waals surface area (Å²) in [6.07, 6.45) is 2.57. The van der Waals surface area contributed by atoms with E-state index in [1.807, 2.05) is 37.3 Å². The minimum atomic E-state index is 0.234. The Balaban J connectivity index is 2.11. The van der Waals surface area contributed by atoms with Crippen LogP contribution < -0.4 is 4.72 Å². The number of allylic oxidation sites excluding steroid dienone is 1. The molecule has 1 aromatic carbocycles. The molecule has 0 amide bonds. The van der Waals surface area contributed by atoms with E-state index in [0.29, 0.717) is 6.42 Å². The van der Waals surface area contributed by atoms with Crippen LogP contribution in [0.2, 0.25) is 0 Å². The van der Waals surface area contributed by atoms with Crippen molar-refractivity contribution in [2.45, 2.75) is 26.2 Å². The first-order valence-corrected chi connectivity index (χ1v) is 6.65. The lowest BCUT2D eigenvalue weighted by Gasteiger charge is -2.03. The zero-order valence-corrected chi connectivity index (χ0v) is 11.1. The summed E-state index contributed by atoms with van der Waals surface area (Å²) in [5.41, 5.74) is 0.816. The van der Waals surface area contributed by atoms with Crippen LogP contribution in [0.25, 0.3) is 0 Å². The third-order valence-electron chi connectivity index (χ3n) is 2.27. The maximum absolute atomic E-state index is 11.7. The quantitative estimate of drug-likeness (QED) is 0.431. The second-order valence-corrected chi connectivity index (χ2v) is 5.13. The molecule has 2 nitrogen and oxygen atoms in total. The van der Waals surface area contributed by atoms with Gasteiger partial charge < -0.3 is 0 Å². The van der Waals surface area contributed by atoms with Gasteiger partial charge in [0.05, 0.1) is 0 Å². The highest BCUT2D eigenvalue weighted by Crippen LogP contribution is 2.08. The van der Waals surface area contributed by atoms with E-state index in [9.17, 15) is 4.79 Å². The maximum atomic E-state index is 11.7. The number of hydrogen-bond donors (Lipinski definition) is 1. The molecule has 1 rings (SSSR count). The molecule has 0 aromatic heterocycles. The second kappa shape index (κ2) is 8.09. The molecule has 0 aliphatic carbocycles. The topological polar surface area (TPSA) is 29.1 Å². The van der Waals surface area contributed by atoms with Crippen molar-refractivity contribution in [2.24, 2.45) is 0 Å². The van der Waals surface area contributed by atoms with Crippen molar-refractivity contribution < 1.29 is 4.79 Å². The van der Waals surface area contributed by atoms with Crippen LogP contribution in [0.1, 0.15) is 36.5 Å². The molecular weight excluding hydrogens is 230 g/mol. The second-order valence-electron chi connectivity index (χ2n) is 3.94. The highest BCUT2D eigenvalue weighted by atomic mass is 32.2. The van der Waals surface area contributed by atoms with Crippen LogP contribution >= 0.6 is 11.9 Å². The zero-order valence-electron chi connectivity index (χ0n) is 10.2. The van der Waals surface area contributed by atoms with Gasteiger partial charge in [-0.25, -0.2) is 0 Å². The number of hydrogen-bond acceptors (Lipinski definition) is 3. The minimum Gasteiger partial charge on any atom is -0.294 e. The van der Waals surface area contributed by atoms with Gasteiger partial charge in [0.1, 0.15) is 0 Å². The van der Waals surface area contributed by atoms with Crippen molar-refractivity contribution in [3.8, 4) is 0 Å². The molecule has 92 valence electrons. The number of nitrogens with one attached hydrogen (secondary N) is 1. The molecule has 0 unspecified atom stereocenters. The first-order chi connectivity index (χ1) is 8.20. The lowest BCUT2D eigenvalue weighted by Crippen LogP contribution is -2.06. The number of carbonyl (C=O) groups is 1. The van der Waals surface area contributed by atoms with Crippen LogP contribution in [0, 0.1) is 0 Å². The third-order valence-corrected chi connectivity index (χ3v) is 2.97. The van der Waals surface area contributed by atoms with Crippen LogP contribution in [0.5, 0.6) is 0 Å². The van der Waals surface area contributed by atoms with Crippen LogP contribution in [-0.4, -0.2) is 12.3 Å². The van der Waals surface area contributed by atoms with Crippen molar-refractivity contribution in [3.63, 3.8) is 0 Å². The average molecular weight is 249 g/mol. The zero-order chi connectivity index (χ0) is 12.5. The van der Waals surface area contributed by atoms with Gasteiger partial charge >= 0.3 is 0 Å². The van der Waals surface area contributed by atoms with E-state index >= 15 is 0 Å². The smallest absolute Gasteiger partial charge is 0.162 e. The van der Waals surface area contributed by atoms with Crippen molar-refractivity contribution >= 4 is 17.7 Å². The molecule has 17 heavy (non-hydrogen) atoms. The normalized spacial score (nSPS) is 10.2. The van der Waals surface area contributed by atoms with Gasteiger partial charge in [-0.1, -0.05) is 48.9 Å². The molecule has 0 aliphatic heterocycles. The molecule has 0 heterocycles. The lowest BCUT2D eigenvalue weighted by molar-refractivity contribution is 0.0979. The number of rotatable bonds is 8. The SMILES string of the molecule is C=C(C)SNCCCCC(=O)c1ccccc1. The van der Waals surface area contributed by atoms with Crippen molar-refractivity contribution in [1.29, 1.82) is 0 Å². The van der Waals surface area contributed by atoms with Gasteiger partial charge in [0.15, 0.2) is 5.78 Å². The average Bonchev–Trinajstić information content (AvgIpc) is 2.34. The molecule has 0 saturated carbocycles. The summed E-state index contributed by atoms with van der Waals surface area (Å²) in [7, 11) is 0. The molecule has 3 heteroatoms. The summed E-state index contributed by atoms with van der Waals surface area (Å²) in [5.74, 6) is 0.234. The molecule has 0 radical (unpaired) electrons. The monoisotopic (exact) mass is 249 g/mol. The summed E-state index contributed by atoms with van der Waals surface area (Å²) >= 11 is 1.56. The van der Waals surface area contributed by atoms with E-state index < -0.39 is 0 Å². The Morgan fingerprint density at radius 2 is 2.00 bits per heavy atom. The van der Waals surface area contributed by atoms with Gasteiger partial charge in [0, 0.05) is 18.5 Å². The minimum absolute atomic E-state index is 0.234. The molecule has 0 bridgehead atoms. The van der Waals surface area contributed by atoms with E-state index in [-0.39, 0.29) is 5.78 Å². The Hall–Kier alpha value is -1.06. The van der Waals surface area contributed by atoms with Crippen LogP contribution in [0.15, 0.2) is 41.8 Å². The third kappa shape index (κ3) is 6.29. The van der Waals surface area contributed by atoms with Gasteiger partial charge in [-0.3, -0.25) is 9.52 Å². The fourth-order valence-electron chi connectivity index (χ4n) is 1.43. The fraction of sp³-hybridized carbons (Fsp3) is 0.357. The lowest BCUT2D eigenvalue weighted by atomic mass is 10.1. The number of benzene rings is 1. The Labute approximate surface area is 108 Å². The Morgan fingerprint density at radius 3 is 2.65 bits per heavy atom. The van der Waals surface area contributed by atoms with E-state index in [1.165, 1.54) is 0 Å². The molecule has 1 N–H and O–H groups in total.